The lowest BCUT2D eigenvalue weighted by Crippen LogP contribution is -2.18. The van der Waals surface area contributed by atoms with Crippen LogP contribution in [-0.4, -0.2) is 6.61 Å². The van der Waals surface area contributed by atoms with Gasteiger partial charge in [-0.2, -0.15) is 0 Å². The lowest BCUT2D eigenvalue weighted by Gasteiger charge is -2.27. The van der Waals surface area contributed by atoms with Crippen molar-refractivity contribution in [3.63, 3.8) is 0 Å². The first-order valence-corrected chi connectivity index (χ1v) is 11.8. The number of fused-ring (bicyclic) bond motifs is 3. The van der Waals surface area contributed by atoms with Gasteiger partial charge in [-0.15, -0.1) is 0 Å². The largest absolute Gasteiger partial charge is 0.498 e. The molecule has 4 rings (SSSR count). The van der Waals surface area contributed by atoms with Gasteiger partial charge in [0.15, 0.2) is 23.3 Å². The van der Waals surface area contributed by atoms with E-state index >= 15 is 8.78 Å². The van der Waals surface area contributed by atoms with Gasteiger partial charge in [-0.1, -0.05) is 45.2 Å². The summed E-state index contributed by atoms with van der Waals surface area (Å²) in [6, 6.07) is 3.25. The molecule has 1 aliphatic carbocycles. The molecule has 1 unspecified atom stereocenters. The van der Waals surface area contributed by atoms with Crippen molar-refractivity contribution in [3.8, 4) is 11.1 Å². The third kappa shape index (κ3) is 4.18. The van der Waals surface area contributed by atoms with Gasteiger partial charge in [0.1, 0.15) is 0 Å². The lowest BCUT2D eigenvalue weighted by atomic mass is 9.80. The van der Waals surface area contributed by atoms with E-state index in [2.05, 4.69) is 6.92 Å². The van der Waals surface area contributed by atoms with Crippen LogP contribution in [-0.2, 0) is 24.0 Å². The zero-order valence-corrected chi connectivity index (χ0v) is 18.8. The zero-order valence-electron chi connectivity index (χ0n) is 18.8. The number of ether oxygens (including phenoxy) is 1. The highest BCUT2D eigenvalue weighted by Gasteiger charge is 2.32. The Labute approximate surface area is 187 Å². The van der Waals surface area contributed by atoms with E-state index in [0.717, 1.165) is 31.4 Å². The van der Waals surface area contributed by atoms with Gasteiger partial charge in [-0.3, -0.25) is 0 Å². The standard InChI is InChI=1S/C27H30F4O/c1-3-5-6-8-20-12-11-19(15-32-20)21-14-17-10-9-16-13-18(7-4-2)24(28)26(30)22(16)23(17)27(31)25(21)29/h12-14,19H,3-11,15H2,1-2H3. The Morgan fingerprint density at radius 1 is 0.812 bits per heavy atom. The highest BCUT2D eigenvalue weighted by atomic mass is 19.2. The topological polar surface area (TPSA) is 9.23 Å². The lowest BCUT2D eigenvalue weighted by molar-refractivity contribution is 0.163. The maximum atomic E-state index is 15.3. The van der Waals surface area contributed by atoms with Gasteiger partial charge < -0.3 is 4.74 Å². The molecule has 0 bridgehead atoms. The van der Waals surface area contributed by atoms with E-state index < -0.39 is 23.3 Å². The summed E-state index contributed by atoms with van der Waals surface area (Å²) >= 11 is 0. The van der Waals surface area contributed by atoms with Crippen LogP contribution in [0.4, 0.5) is 17.6 Å². The highest BCUT2D eigenvalue weighted by Crippen LogP contribution is 2.43. The van der Waals surface area contributed by atoms with Crippen LogP contribution in [0.25, 0.3) is 11.1 Å². The second-order valence-corrected chi connectivity index (χ2v) is 8.95. The van der Waals surface area contributed by atoms with Gasteiger partial charge in [-0.05, 0) is 60.4 Å². The number of unbranched alkanes of at least 4 members (excludes halogenated alkanes) is 2. The fraction of sp³-hybridized carbons (Fsp3) is 0.481. The SMILES string of the molecule is CCCCCC1=CCC(c2cc3c(c(F)c2F)-c2c(cc(CCC)c(F)c2F)CC3)CO1. The minimum atomic E-state index is -1.09. The summed E-state index contributed by atoms with van der Waals surface area (Å²) in [5, 5.41) is 0. The molecule has 1 heterocycles. The van der Waals surface area contributed by atoms with Crippen molar-refractivity contribution in [2.45, 2.75) is 77.6 Å². The van der Waals surface area contributed by atoms with E-state index in [1.807, 2.05) is 13.0 Å². The predicted molar refractivity (Wildman–Crippen MR) is 119 cm³/mol. The third-order valence-corrected chi connectivity index (χ3v) is 6.68. The van der Waals surface area contributed by atoms with Crippen molar-refractivity contribution in [1.82, 2.24) is 0 Å². The quantitative estimate of drug-likeness (QED) is 0.310. The van der Waals surface area contributed by atoms with Crippen molar-refractivity contribution in [3.05, 3.63) is 69.5 Å². The number of hydrogen-bond acceptors (Lipinski definition) is 1. The van der Waals surface area contributed by atoms with Crippen molar-refractivity contribution in [2.75, 3.05) is 6.61 Å². The maximum Gasteiger partial charge on any atom is 0.167 e. The van der Waals surface area contributed by atoms with E-state index in [4.69, 9.17) is 4.74 Å². The molecule has 172 valence electrons. The number of benzene rings is 2. The molecule has 32 heavy (non-hydrogen) atoms. The van der Waals surface area contributed by atoms with E-state index in [1.54, 1.807) is 12.1 Å². The number of hydrogen-bond donors (Lipinski definition) is 0. The van der Waals surface area contributed by atoms with E-state index in [1.165, 1.54) is 0 Å². The smallest absolute Gasteiger partial charge is 0.167 e. The van der Waals surface area contributed by atoms with Crippen molar-refractivity contribution in [1.29, 1.82) is 0 Å². The first-order valence-electron chi connectivity index (χ1n) is 11.8. The van der Waals surface area contributed by atoms with Crippen LogP contribution in [0.2, 0.25) is 0 Å². The van der Waals surface area contributed by atoms with Crippen LogP contribution < -0.4 is 0 Å². The van der Waals surface area contributed by atoms with Crippen LogP contribution >= 0.6 is 0 Å². The Kier molecular flexibility index (Phi) is 6.92. The summed E-state index contributed by atoms with van der Waals surface area (Å²) < 4.78 is 65.9. The molecule has 0 aromatic heterocycles. The molecule has 0 N–H and O–H groups in total. The van der Waals surface area contributed by atoms with Crippen molar-refractivity contribution < 1.29 is 22.3 Å². The molecule has 0 radical (unpaired) electrons. The Morgan fingerprint density at radius 2 is 1.50 bits per heavy atom. The molecule has 0 saturated heterocycles. The molecule has 0 fully saturated rings. The first kappa shape index (κ1) is 22.9. The second-order valence-electron chi connectivity index (χ2n) is 8.95. The third-order valence-electron chi connectivity index (χ3n) is 6.68. The Morgan fingerprint density at radius 3 is 2.12 bits per heavy atom. The summed E-state index contributed by atoms with van der Waals surface area (Å²) in [5.74, 6) is -3.46. The summed E-state index contributed by atoms with van der Waals surface area (Å²) in [7, 11) is 0. The number of allylic oxidation sites excluding steroid dienone is 2. The normalized spacial score (nSPS) is 17.4. The predicted octanol–water partition coefficient (Wildman–Crippen LogP) is 7.93. The molecule has 2 aliphatic rings. The van der Waals surface area contributed by atoms with E-state index in [-0.39, 0.29) is 22.6 Å². The molecule has 0 amide bonds. The fourth-order valence-electron chi connectivity index (χ4n) is 4.94. The van der Waals surface area contributed by atoms with Gasteiger partial charge in [0, 0.05) is 23.5 Å². The average molecular weight is 447 g/mol. The van der Waals surface area contributed by atoms with Crippen LogP contribution in [0.5, 0.6) is 0 Å². The monoisotopic (exact) mass is 446 g/mol. The molecule has 1 atom stereocenters. The minimum Gasteiger partial charge on any atom is -0.498 e. The van der Waals surface area contributed by atoms with Crippen LogP contribution in [0.1, 0.15) is 80.5 Å². The maximum absolute atomic E-state index is 15.3. The van der Waals surface area contributed by atoms with Crippen molar-refractivity contribution in [2.24, 2.45) is 0 Å². The summed E-state index contributed by atoms with van der Waals surface area (Å²) in [4.78, 5) is 0. The van der Waals surface area contributed by atoms with Crippen LogP contribution in [0, 0.1) is 23.3 Å². The molecule has 0 saturated carbocycles. The number of halogens is 4. The first-order chi connectivity index (χ1) is 15.5. The Bertz CT molecular complexity index is 1040. The summed E-state index contributed by atoms with van der Waals surface area (Å²) in [5.41, 5.74) is 1.39. The van der Waals surface area contributed by atoms with Gasteiger partial charge in [0.25, 0.3) is 0 Å². The van der Waals surface area contributed by atoms with E-state index in [0.29, 0.717) is 55.4 Å². The molecular formula is C27H30F4O. The molecule has 0 spiro atoms. The van der Waals surface area contributed by atoms with Gasteiger partial charge in [0.05, 0.1) is 12.4 Å². The zero-order chi connectivity index (χ0) is 22.8. The molecule has 2 aromatic carbocycles. The molecule has 1 aliphatic heterocycles. The fourth-order valence-corrected chi connectivity index (χ4v) is 4.94. The molecule has 1 nitrogen and oxygen atoms in total. The highest BCUT2D eigenvalue weighted by molar-refractivity contribution is 5.75. The average Bonchev–Trinajstić information content (AvgIpc) is 2.80. The molecular weight excluding hydrogens is 416 g/mol. The Hall–Kier alpha value is -2.30. The molecule has 2 aromatic rings. The number of rotatable bonds is 7. The minimum absolute atomic E-state index is 0.121. The van der Waals surface area contributed by atoms with Crippen LogP contribution in [0.3, 0.4) is 0 Å². The number of aryl methyl sites for hydroxylation is 3. The van der Waals surface area contributed by atoms with E-state index in [9.17, 15) is 8.78 Å². The van der Waals surface area contributed by atoms with Gasteiger partial charge in [-0.25, -0.2) is 17.6 Å². The Balaban J connectivity index is 1.67. The molecule has 5 heteroatoms. The van der Waals surface area contributed by atoms with Crippen LogP contribution in [0.15, 0.2) is 24.0 Å². The summed E-state index contributed by atoms with van der Waals surface area (Å²) in [6.07, 6.45) is 8.76. The van der Waals surface area contributed by atoms with Gasteiger partial charge in [0.2, 0.25) is 0 Å². The van der Waals surface area contributed by atoms with Gasteiger partial charge >= 0.3 is 0 Å². The summed E-state index contributed by atoms with van der Waals surface area (Å²) in [6.45, 7) is 4.33. The second kappa shape index (κ2) is 9.68. The van der Waals surface area contributed by atoms with Crippen molar-refractivity contribution >= 4 is 0 Å².